The molecule has 1 N–H and O–H groups in total. The molecule has 0 radical (unpaired) electrons. The van der Waals surface area contributed by atoms with Gasteiger partial charge in [-0.05, 0) is 13.1 Å². The maximum absolute atomic E-state index is 4.15. The van der Waals surface area contributed by atoms with Crippen molar-refractivity contribution in [2.75, 3.05) is 25.4 Å². The summed E-state index contributed by atoms with van der Waals surface area (Å²) < 4.78 is 0. The largest absolute Gasteiger partial charge is 0.340 e. The molecule has 0 aliphatic rings. The quantitative estimate of drug-likeness (QED) is 0.709. The molecular weight excluding hydrogens is 182 g/mol. The van der Waals surface area contributed by atoms with Crippen molar-refractivity contribution in [3.8, 4) is 0 Å². The Morgan fingerprint density at radius 2 is 2.23 bits per heavy atom. The van der Waals surface area contributed by atoms with E-state index in [1.54, 1.807) is 18.0 Å². The van der Waals surface area contributed by atoms with Crippen LogP contribution in [0.2, 0.25) is 0 Å². The SMILES string of the molecule is CCN(CC)CCSc1ncc[nH]1. The minimum absolute atomic E-state index is 1.02. The number of hydrogen-bond acceptors (Lipinski definition) is 3. The number of aromatic nitrogens is 2. The molecular formula is C9H17N3S. The standard InChI is InChI=1S/C9H17N3S/c1-3-12(4-2)7-8-13-9-10-5-6-11-9/h5-6H,3-4,7-8H2,1-2H3,(H,10,11). The van der Waals surface area contributed by atoms with Gasteiger partial charge < -0.3 is 9.88 Å². The van der Waals surface area contributed by atoms with E-state index in [0.29, 0.717) is 0 Å². The first kappa shape index (κ1) is 10.6. The number of nitrogens with one attached hydrogen (secondary N) is 1. The maximum Gasteiger partial charge on any atom is 0.165 e. The third kappa shape index (κ3) is 3.83. The molecule has 13 heavy (non-hydrogen) atoms. The van der Waals surface area contributed by atoms with Gasteiger partial charge in [-0.25, -0.2) is 4.98 Å². The highest BCUT2D eigenvalue weighted by molar-refractivity contribution is 7.99. The second kappa shape index (κ2) is 6.05. The van der Waals surface area contributed by atoms with Gasteiger partial charge in [-0.15, -0.1) is 0 Å². The van der Waals surface area contributed by atoms with E-state index >= 15 is 0 Å². The van der Waals surface area contributed by atoms with E-state index in [2.05, 4.69) is 28.7 Å². The van der Waals surface area contributed by atoms with Crippen LogP contribution in [-0.2, 0) is 0 Å². The molecule has 1 heterocycles. The normalized spacial score (nSPS) is 11.0. The molecule has 1 aromatic heterocycles. The summed E-state index contributed by atoms with van der Waals surface area (Å²) in [7, 11) is 0. The number of rotatable bonds is 6. The van der Waals surface area contributed by atoms with Crippen LogP contribution in [-0.4, -0.2) is 40.3 Å². The molecule has 0 spiro atoms. The molecule has 0 saturated heterocycles. The summed E-state index contributed by atoms with van der Waals surface area (Å²) in [5, 5.41) is 1.02. The summed E-state index contributed by atoms with van der Waals surface area (Å²) in [5.41, 5.74) is 0. The molecule has 74 valence electrons. The molecule has 0 aliphatic carbocycles. The highest BCUT2D eigenvalue weighted by Crippen LogP contribution is 2.11. The number of aromatic amines is 1. The highest BCUT2D eigenvalue weighted by atomic mass is 32.2. The fourth-order valence-corrected chi connectivity index (χ4v) is 1.97. The van der Waals surface area contributed by atoms with Crippen molar-refractivity contribution < 1.29 is 0 Å². The van der Waals surface area contributed by atoms with Crippen LogP contribution in [0.15, 0.2) is 17.6 Å². The summed E-state index contributed by atoms with van der Waals surface area (Å²) in [6, 6.07) is 0. The monoisotopic (exact) mass is 199 g/mol. The first-order chi connectivity index (χ1) is 6.36. The van der Waals surface area contributed by atoms with E-state index < -0.39 is 0 Å². The van der Waals surface area contributed by atoms with Gasteiger partial charge in [-0.1, -0.05) is 25.6 Å². The van der Waals surface area contributed by atoms with Crippen molar-refractivity contribution in [1.29, 1.82) is 0 Å². The molecule has 0 fully saturated rings. The van der Waals surface area contributed by atoms with E-state index in [4.69, 9.17) is 0 Å². The predicted octanol–water partition coefficient (Wildman–Crippen LogP) is 1.84. The molecule has 0 amide bonds. The van der Waals surface area contributed by atoms with Crippen LogP contribution in [0.5, 0.6) is 0 Å². The van der Waals surface area contributed by atoms with Crippen LogP contribution in [0.1, 0.15) is 13.8 Å². The van der Waals surface area contributed by atoms with E-state index in [-0.39, 0.29) is 0 Å². The lowest BCUT2D eigenvalue weighted by Gasteiger charge is -2.16. The first-order valence-electron chi connectivity index (χ1n) is 4.71. The van der Waals surface area contributed by atoms with Gasteiger partial charge in [0.25, 0.3) is 0 Å². The van der Waals surface area contributed by atoms with Crippen molar-refractivity contribution in [2.24, 2.45) is 0 Å². The number of thioether (sulfide) groups is 1. The molecule has 0 unspecified atom stereocenters. The molecule has 1 aromatic rings. The molecule has 4 heteroatoms. The molecule has 0 aromatic carbocycles. The van der Waals surface area contributed by atoms with E-state index in [0.717, 1.165) is 30.5 Å². The Morgan fingerprint density at radius 1 is 1.46 bits per heavy atom. The van der Waals surface area contributed by atoms with E-state index in [1.165, 1.54) is 0 Å². The summed E-state index contributed by atoms with van der Waals surface area (Å²) in [6.07, 6.45) is 3.65. The van der Waals surface area contributed by atoms with Crippen LogP contribution in [0.4, 0.5) is 0 Å². The average Bonchev–Trinajstić information content (AvgIpc) is 2.65. The van der Waals surface area contributed by atoms with Crippen LogP contribution < -0.4 is 0 Å². The Kier molecular flexibility index (Phi) is 4.93. The lowest BCUT2D eigenvalue weighted by atomic mass is 10.5. The topological polar surface area (TPSA) is 31.9 Å². The Bertz CT molecular complexity index is 207. The fraction of sp³-hybridized carbons (Fsp3) is 0.667. The van der Waals surface area contributed by atoms with Gasteiger partial charge in [-0.3, -0.25) is 0 Å². The van der Waals surface area contributed by atoms with Crippen molar-refractivity contribution in [3.63, 3.8) is 0 Å². The average molecular weight is 199 g/mol. The number of imidazole rings is 1. The second-order valence-corrected chi connectivity index (χ2v) is 3.85. The van der Waals surface area contributed by atoms with Gasteiger partial charge >= 0.3 is 0 Å². The Labute approximate surface area is 83.9 Å². The molecule has 0 aliphatic heterocycles. The Balaban J connectivity index is 2.13. The molecule has 0 saturated carbocycles. The summed E-state index contributed by atoms with van der Waals surface area (Å²) >= 11 is 1.78. The zero-order valence-corrected chi connectivity index (χ0v) is 9.10. The minimum atomic E-state index is 1.02. The number of H-pyrrole nitrogens is 1. The predicted molar refractivity (Wildman–Crippen MR) is 57.1 cm³/mol. The van der Waals surface area contributed by atoms with Crippen LogP contribution >= 0.6 is 11.8 Å². The Hall–Kier alpha value is -0.480. The fourth-order valence-electron chi connectivity index (χ4n) is 1.14. The third-order valence-corrected chi connectivity index (χ3v) is 2.90. The zero-order chi connectivity index (χ0) is 9.52. The highest BCUT2D eigenvalue weighted by Gasteiger charge is 2.00. The van der Waals surface area contributed by atoms with Crippen molar-refractivity contribution >= 4 is 11.8 Å². The lowest BCUT2D eigenvalue weighted by molar-refractivity contribution is 0.324. The molecule has 0 atom stereocenters. The molecule has 0 bridgehead atoms. The van der Waals surface area contributed by atoms with Crippen LogP contribution in [0, 0.1) is 0 Å². The van der Waals surface area contributed by atoms with Crippen molar-refractivity contribution in [3.05, 3.63) is 12.4 Å². The van der Waals surface area contributed by atoms with Crippen LogP contribution in [0.25, 0.3) is 0 Å². The zero-order valence-electron chi connectivity index (χ0n) is 8.29. The number of nitrogens with zero attached hydrogens (tertiary/aromatic N) is 2. The van der Waals surface area contributed by atoms with Gasteiger partial charge in [0.2, 0.25) is 0 Å². The summed E-state index contributed by atoms with van der Waals surface area (Å²) in [6.45, 7) is 7.80. The van der Waals surface area contributed by atoms with Crippen molar-refractivity contribution in [2.45, 2.75) is 19.0 Å². The van der Waals surface area contributed by atoms with Crippen LogP contribution in [0.3, 0.4) is 0 Å². The van der Waals surface area contributed by atoms with Gasteiger partial charge in [0.1, 0.15) is 0 Å². The van der Waals surface area contributed by atoms with E-state index in [1.807, 2.05) is 6.20 Å². The molecule has 3 nitrogen and oxygen atoms in total. The minimum Gasteiger partial charge on any atom is -0.340 e. The molecule has 1 rings (SSSR count). The van der Waals surface area contributed by atoms with E-state index in [9.17, 15) is 0 Å². The maximum atomic E-state index is 4.15. The van der Waals surface area contributed by atoms with Gasteiger partial charge in [0.15, 0.2) is 5.16 Å². The summed E-state index contributed by atoms with van der Waals surface area (Å²) in [4.78, 5) is 9.65. The van der Waals surface area contributed by atoms with Gasteiger partial charge in [-0.2, -0.15) is 0 Å². The lowest BCUT2D eigenvalue weighted by Crippen LogP contribution is -2.25. The summed E-state index contributed by atoms with van der Waals surface area (Å²) in [5.74, 6) is 1.11. The number of hydrogen-bond donors (Lipinski definition) is 1. The third-order valence-electron chi connectivity index (χ3n) is 2.01. The Morgan fingerprint density at radius 3 is 2.77 bits per heavy atom. The van der Waals surface area contributed by atoms with Gasteiger partial charge in [0.05, 0.1) is 0 Å². The smallest absolute Gasteiger partial charge is 0.165 e. The van der Waals surface area contributed by atoms with Gasteiger partial charge in [0, 0.05) is 24.7 Å². The second-order valence-electron chi connectivity index (χ2n) is 2.77. The van der Waals surface area contributed by atoms with Crippen molar-refractivity contribution in [1.82, 2.24) is 14.9 Å². The first-order valence-corrected chi connectivity index (χ1v) is 5.70.